The summed E-state index contributed by atoms with van der Waals surface area (Å²) >= 11 is 0. The van der Waals surface area contributed by atoms with Crippen LogP contribution >= 0.6 is 12.4 Å². The average Bonchev–Trinajstić information content (AvgIpc) is 2.65. The standard InChI is InChI=1S/C10H8N2O2.ClH/c11-5-7-1-3-8(4-2-7)9-6-14-10(13)12-9;/h1-4,9H,6H2,(H,12,13);1H/t9-;/m0./s1. The number of halogens is 1. The summed E-state index contributed by atoms with van der Waals surface area (Å²) in [6.07, 6.45) is -0.389. The molecule has 0 aliphatic carbocycles. The molecule has 1 aromatic rings. The van der Waals surface area contributed by atoms with Gasteiger partial charge in [-0.3, -0.25) is 0 Å². The molecule has 1 heterocycles. The number of benzene rings is 1. The molecule has 1 saturated heterocycles. The first-order chi connectivity index (χ1) is 6.79. The Bertz CT molecular complexity index is 397. The van der Waals surface area contributed by atoms with Gasteiger partial charge in [-0.15, -0.1) is 12.4 Å². The summed E-state index contributed by atoms with van der Waals surface area (Å²) in [7, 11) is 0. The van der Waals surface area contributed by atoms with E-state index in [1.54, 1.807) is 12.1 Å². The minimum absolute atomic E-state index is 0. The smallest absolute Gasteiger partial charge is 0.407 e. The van der Waals surface area contributed by atoms with Crippen LogP contribution in [0.2, 0.25) is 0 Å². The zero-order valence-electron chi connectivity index (χ0n) is 7.77. The zero-order valence-corrected chi connectivity index (χ0v) is 8.58. The minimum Gasteiger partial charge on any atom is -0.447 e. The molecule has 0 unspecified atom stereocenters. The van der Waals surface area contributed by atoms with Gasteiger partial charge in [0.1, 0.15) is 6.61 Å². The Hall–Kier alpha value is -1.73. The van der Waals surface area contributed by atoms with Gasteiger partial charge in [0.05, 0.1) is 17.7 Å². The molecule has 1 aliphatic rings. The lowest BCUT2D eigenvalue weighted by atomic mass is 10.1. The summed E-state index contributed by atoms with van der Waals surface area (Å²) in [5, 5.41) is 11.3. The van der Waals surface area contributed by atoms with Crippen LogP contribution in [0.5, 0.6) is 0 Å². The fourth-order valence-corrected chi connectivity index (χ4v) is 1.35. The van der Waals surface area contributed by atoms with E-state index in [0.29, 0.717) is 12.2 Å². The number of nitrogens with one attached hydrogen (secondary N) is 1. The molecule has 0 bridgehead atoms. The molecule has 0 spiro atoms. The molecule has 1 amide bonds. The van der Waals surface area contributed by atoms with Crippen LogP contribution in [0.15, 0.2) is 24.3 Å². The lowest BCUT2D eigenvalue weighted by Gasteiger charge is -2.06. The zero-order chi connectivity index (χ0) is 9.97. The van der Waals surface area contributed by atoms with Crippen LogP contribution in [0.4, 0.5) is 4.79 Å². The van der Waals surface area contributed by atoms with E-state index in [2.05, 4.69) is 5.32 Å². The number of alkyl carbamates (subject to hydrolysis) is 1. The van der Waals surface area contributed by atoms with Gasteiger partial charge in [-0.2, -0.15) is 5.26 Å². The number of hydrogen-bond acceptors (Lipinski definition) is 3. The number of cyclic esters (lactones) is 1. The lowest BCUT2D eigenvalue weighted by Crippen LogP contribution is -2.18. The quantitative estimate of drug-likeness (QED) is 0.791. The maximum absolute atomic E-state index is 10.8. The Morgan fingerprint density at radius 2 is 2.07 bits per heavy atom. The topological polar surface area (TPSA) is 62.1 Å². The number of rotatable bonds is 1. The van der Waals surface area contributed by atoms with Crippen LogP contribution in [-0.2, 0) is 4.74 Å². The number of hydrogen-bond donors (Lipinski definition) is 1. The van der Waals surface area contributed by atoms with Gasteiger partial charge in [0.2, 0.25) is 0 Å². The number of nitriles is 1. The Morgan fingerprint density at radius 3 is 2.53 bits per heavy atom. The summed E-state index contributed by atoms with van der Waals surface area (Å²) < 4.78 is 4.76. The Labute approximate surface area is 93.3 Å². The van der Waals surface area contributed by atoms with Gasteiger partial charge in [-0.05, 0) is 17.7 Å². The van der Waals surface area contributed by atoms with Gasteiger partial charge < -0.3 is 10.1 Å². The lowest BCUT2D eigenvalue weighted by molar-refractivity contribution is 0.177. The van der Waals surface area contributed by atoms with Crippen LogP contribution in [0.3, 0.4) is 0 Å². The van der Waals surface area contributed by atoms with Crippen molar-refractivity contribution < 1.29 is 9.53 Å². The van der Waals surface area contributed by atoms with Crippen molar-refractivity contribution in [3.8, 4) is 6.07 Å². The maximum atomic E-state index is 10.8. The third-order valence-electron chi connectivity index (χ3n) is 2.12. The van der Waals surface area contributed by atoms with Crippen molar-refractivity contribution in [2.24, 2.45) is 0 Å². The van der Waals surface area contributed by atoms with E-state index in [9.17, 15) is 4.79 Å². The van der Waals surface area contributed by atoms with Crippen LogP contribution in [-0.4, -0.2) is 12.7 Å². The van der Waals surface area contributed by atoms with E-state index in [1.807, 2.05) is 18.2 Å². The highest BCUT2D eigenvalue weighted by atomic mass is 35.5. The summed E-state index contributed by atoms with van der Waals surface area (Å²) in [4.78, 5) is 10.8. The molecule has 1 aromatic carbocycles. The van der Waals surface area contributed by atoms with E-state index in [1.165, 1.54) is 0 Å². The fourth-order valence-electron chi connectivity index (χ4n) is 1.35. The van der Waals surface area contributed by atoms with Gasteiger partial charge in [-0.25, -0.2) is 4.79 Å². The van der Waals surface area contributed by atoms with Gasteiger partial charge >= 0.3 is 6.09 Å². The summed E-state index contributed by atoms with van der Waals surface area (Å²) in [5.74, 6) is 0. The molecule has 15 heavy (non-hydrogen) atoms. The molecule has 2 rings (SSSR count). The van der Waals surface area contributed by atoms with Gasteiger partial charge in [-0.1, -0.05) is 12.1 Å². The fraction of sp³-hybridized carbons (Fsp3) is 0.200. The predicted octanol–water partition coefficient (Wildman–Crippen LogP) is 1.76. The first kappa shape index (κ1) is 11.3. The van der Waals surface area contributed by atoms with E-state index >= 15 is 0 Å². The van der Waals surface area contributed by atoms with Crippen molar-refractivity contribution in [2.75, 3.05) is 6.61 Å². The molecule has 4 nitrogen and oxygen atoms in total. The molecule has 0 radical (unpaired) electrons. The first-order valence-electron chi connectivity index (χ1n) is 4.23. The number of carbonyl (C=O) groups excluding carboxylic acids is 1. The van der Waals surface area contributed by atoms with E-state index in [-0.39, 0.29) is 24.5 Å². The Morgan fingerprint density at radius 1 is 1.40 bits per heavy atom. The minimum atomic E-state index is -0.389. The summed E-state index contributed by atoms with van der Waals surface area (Å²) in [6.45, 7) is 0.352. The molecule has 1 aliphatic heterocycles. The first-order valence-corrected chi connectivity index (χ1v) is 4.23. The molecule has 1 fully saturated rings. The largest absolute Gasteiger partial charge is 0.447 e. The molecule has 0 saturated carbocycles. The SMILES string of the molecule is Cl.N#Cc1ccc([C@@H]2COC(=O)N2)cc1. The molecule has 78 valence electrons. The van der Waals surface area contributed by atoms with Crippen LogP contribution < -0.4 is 5.32 Å². The van der Waals surface area contributed by atoms with Gasteiger partial charge in [0.15, 0.2) is 0 Å². The van der Waals surface area contributed by atoms with Crippen molar-refractivity contribution in [3.05, 3.63) is 35.4 Å². The predicted molar refractivity (Wildman–Crippen MR) is 55.6 cm³/mol. The number of carbonyl (C=O) groups is 1. The highest BCUT2D eigenvalue weighted by Crippen LogP contribution is 2.18. The summed E-state index contributed by atoms with van der Waals surface area (Å²) in [6, 6.07) is 9.03. The number of ether oxygens (including phenoxy) is 1. The van der Waals surface area contributed by atoms with Crippen LogP contribution in [0, 0.1) is 11.3 Å². The molecule has 1 atom stereocenters. The second kappa shape index (κ2) is 4.67. The molecule has 5 heteroatoms. The normalized spacial score (nSPS) is 18.3. The monoisotopic (exact) mass is 224 g/mol. The van der Waals surface area contributed by atoms with Crippen molar-refractivity contribution in [1.29, 1.82) is 5.26 Å². The molecular weight excluding hydrogens is 216 g/mol. The van der Waals surface area contributed by atoms with Crippen LogP contribution in [0.1, 0.15) is 17.2 Å². The molecule has 1 N–H and O–H groups in total. The summed E-state index contributed by atoms with van der Waals surface area (Å²) in [5.41, 5.74) is 1.56. The van der Waals surface area contributed by atoms with E-state index in [4.69, 9.17) is 10.00 Å². The van der Waals surface area contributed by atoms with E-state index in [0.717, 1.165) is 5.56 Å². The Balaban J connectivity index is 0.00000112. The van der Waals surface area contributed by atoms with Gasteiger partial charge in [0.25, 0.3) is 0 Å². The third kappa shape index (κ3) is 2.39. The third-order valence-corrected chi connectivity index (χ3v) is 2.12. The second-order valence-electron chi connectivity index (χ2n) is 3.03. The van der Waals surface area contributed by atoms with Crippen molar-refractivity contribution in [2.45, 2.75) is 6.04 Å². The average molecular weight is 225 g/mol. The number of nitrogens with zero attached hydrogens (tertiary/aromatic N) is 1. The van der Waals surface area contributed by atoms with Crippen LogP contribution in [0.25, 0.3) is 0 Å². The number of amides is 1. The molecule has 0 aromatic heterocycles. The van der Waals surface area contributed by atoms with Gasteiger partial charge in [0, 0.05) is 0 Å². The maximum Gasteiger partial charge on any atom is 0.407 e. The second-order valence-corrected chi connectivity index (χ2v) is 3.03. The van der Waals surface area contributed by atoms with Crippen molar-refractivity contribution in [3.63, 3.8) is 0 Å². The van der Waals surface area contributed by atoms with Crippen molar-refractivity contribution >= 4 is 18.5 Å². The molecular formula is C10H9ClN2O2. The highest BCUT2D eigenvalue weighted by Gasteiger charge is 2.23. The highest BCUT2D eigenvalue weighted by molar-refractivity contribution is 5.85. The Kier molecular flexibility index (Phi) is 3.53. The van der Waals surface area contributed by atoms with Crippen molar-refractivity contribution in [1.82, 2.24) is 5.32 Å². The van der Waals surface area contributed by atoms with E-state index < -0.39 is 0 Å².